The molecule has 9 heteroatoms. The summed E-state index contributed by atoms with van der Waals surface area (Å²) < 4.78 is 28.7. The molecule has 3 aromatic carbocycles. The summed E-state index contributed by atoms with van der Waals surface area (Å²) in [6, 6.07) is 15.7. The first-order chi connectivity index (χ1) is 16.0. The van der Waals surface area contributed by atoms with Crippen molar-refractivity contribution in [2.24, 2.45) is 0 Å². The zero-order valence-electron chi connectivity index (χ0n) is 19.1. The molecule has 3 aromatic rings. The van der Waals surface area contributed by atoms with Crippen LogP contribution in [-0.4, -0.2) is 26.6 Å². The lowest BCUT2D eigenvalue weighted by Gasteiger charge is -2.13. The molecule has 1 amide bonds. The van der Waals surface area contributed by atoms with Gasteiger partial charge in [-0.2, -0.15) is 11.8 Å². The first-order valence-electron chi connectivity index (χ1n) is 10.6. The number of nitrogens with one attached hydrogen (secondary N) is 2. The van der Waals surface area contributed by atoms with Gasteiger partial charge < -0.3 is 5.32 Å². The molecule has 0 saturated carbocycles. The van der Waals surface area contributed by atoms with E-state index in [0.29, 0.717) is 39.2 Å². The van der Waals surface area contributed by atoms with Crippen molar-refractivity contribution >= 4 is 56.6 Å². The Balaban J connectivity index is 1.60. The fourth-order valence-corrected chi connectivity index (χ4v) is 5.87. The van der Waals surface area contributed by atoms with Crippen molar-refractivity contribution in [2.75, 3.05) is 17.0 Å². The van der Waals surface area contributed by atoms with Crippen molar-refractivity contribution in [3.63, 3.8) is 0 Å². The number of anilines is 1. The average molecular weight is 538 g/mol. The van der Waals surface area contributed by atoms with Gasteiger partial charge in [-0.25, -0.2) is 8.42 Å². The summed E-state index contributed by atoms with van der Waals surface area (Å²) in [5, 5.41) is 3.88. The highest BCUT2D eigenvalue weighted by molar-refractivity contribution is 7.98. The molecule has 0 aliphatic carbocycles. The summed E-state index contributed by atoms with van der Waals surface area (Å²) in [6.07, 6.45) is 0. The lowest BCUT2D eigenvalue weighted by atomic mass is 10.1. The number of amides is 1. The van der Waals surface area contributed by atoms with E-state index in [2.05, 4.69) is 10.0 Å². The maximum Gasteiger partial charge on any atom is 0.262 e. The molecular formula is C25H26Cl2N2O3S2. The van der Waals surface area contributed by atoms with Gasteiger partial charge in [-0.05, 0) is 79.4 Å². The van der Waals surface area contributed by atoms with Gasteiger partial charge in [-0.15, -0.1) is 0 Å². The number of rotatable bonds is 9. The largest absolute Gasteiger partial charge is 0.351 e. The van der Waals surface area contributed by atoms with E-state index in [0.717, 1.165) is 22.4 Å². The number of thioether (sulfide) groups is 1. The standard InChI is InChI=1S/C25H26Cl2N2O3S2/c1-16-10-17(2)12-21(11-16)29-34(31,32)24-14-20(6-4-18(24)3)25(30)28-8-9-33-15-19-5-7-22(26)23(27)13-19/h4-7,10-14,29H,8-9,15H2,1-3H3,(H,28,30). The van der Waals surface area contributed by atoms with Crippen LogP contribution in [0.15, 0.2) is 59.5 Å². The maximum atomic E-state index is 13.0. The molecule has 0 unspecified atom stereocenters. The van der Waals surface area contributed by atoms with Gasteiger partial charge in [0.2, 0.25) is 0 Å². The Morgan fingerprint density at radius 1 is 0.912 bits per heavy atom. The summed E-state index contributed by atoms with van der Waals surface area (Å²) in [5.74, 6) is 1.11. The number of aryl methyl sites for hydroxylation is 3. The van der Waals surface area contributed by atoms with Crippen LogP contribution in [0.2, 0.25) is 10.0 Å². The van der Waals surface area contributed by atoms with Gasteiger partial charge in [0, 0.05) is 29.3 Å². The number of hydrogen-bond donors (Lipinski definition) is 2. The molecule has 3 rings (SSSR count). The zero-order chi connectivity index (χ0) is 24.9. The van der Waals surface area contributed by atoms with E-state index in [-0.39, 0.29) is 10.8 Å². The molecule has 0 spiro atoms. The van der Waals surface area contributed by atoms with Crippen LogP contribution in [0.3, 0.4) is 0 Å². The molecule has 0 saturated heterocycles. The van der Waals surface area contributed by atoms with Gasteiger partial charge >= 0.3 is 0 Å². The summed E-state index contributed by atoms with van der Waals surface area (Å²) in [7, 11) is -3.85. The summed E-state index contributed by atoms with van der Waals surface area (Å²) in [4.78, 5) is 12.7. The lowest BCUT2D eigenvalue weighted by Crippen LogP contribution is -2.26. The third-order valence-corrected chi connectivity index (χ3v) is 8.29. The third kappa shape index (κ3) is 7.15. The minimum absolute atomic E-state index is 0.0771. The SMILES string of the molecule is Cc1cc(C)cc(NS(=O)(=O)c2cc(C(=O)NCCSCc3ccc(Cl)c(Cl)c3)ccc2C)c1. The number of carbonyl (C=O) groups excluding carboxylic acids is 1. The van der Waals surface area contributed by atoms with Crippen LogP contribution in [0.4, 0.5) is 5.69 Å². The minimum Gasteiger partial charge on any atom is -0.351 e. The van der Waals surface area contributed by atoms with Crippen LogP contribution in [0, 0.1) is 20.8 Å². The molecule has 0 aliphatic heterocycles. The molecule has 34 heavy (non-hydrogen) atoms. The van der Waals surface area contributed by atoms with Crippen LogP contribution in [0.1, 0.15) is 32.6 Å². The van der Waals surface area contributed by atoms with Crippen LogP contribution < -0.4 is 10.0 Å². The van der Waals surface area contributed by atoms with Crippen molar-refractivity contribution in [3.05, 3.63) is 92.5 Å². The zero-order valence-corrected chi connectivity index (χ0v) is 22.3. The molecular weight excluding hydrogens is 511 g/mol. The fraction of sp³-hybridized carbons (Fsp3) is 0.240. The fourth-order valence-electron chi connectivity index (χ4n) is 3.43. The Kier molecular flexibility index (Phi) is 8.93. The van der Waals surface area contributed by atoms with Crippen LogP contribution in [-0.2, 0) is 15.8 Å². The first kappa shape index (κ1) is 26.4. The Morgan fingerprint density at radius 3 is 2.29 bits per heavy atom. The maximum absolute atomic E-state index is 13.0. The van der Waals surface area contributed by atoms with Gasteiger partial charge in [0.25, 0.3) is 15.9 Å². The van der Waals surface area contributed by atoms with Gasteiger partial charge in [0.1, 0.15) is 0 Å². The third-order valence-electron chi connectivity index (χ3n) is 5.00. The number of halogens is 2. The molecule has 180 valence electrons. The molecule has 0 atom stereocenters. The van der Waals surface area contributed by atoms with Crippen molar-refractivity contribution in [2.45, 2.75) is 31.4 Å². The van der Waals surface area contributed by atoms with Crippen molar-refractivity contribution in [3.8, 4) is 0 Å². The van der Waals surface area contributed by atoms with Crippen LogP contribution in [0.5, 0.6) is 0 Å². The smallest absolute Gasteiger partial charge is 0.262 e. The van der Waals surface area contributed by atoms with E-state index in [4.69, 9.17) is 23.2 Å². The topological polar surface area (TPSA) is 75.3 Å². The second-order valence-corrected chi connectivity index (χ2v) is 11.6. The normalized spacial score (nSPS) is 11.3. The highest BCUT2D eigenvalue weighted by Gasteiger charge is 2.19. The minimum atomic E-state index is -3.85. The van der Waals surface area contributed by atoms with Crippen molar-refractivity contribution in [1.29, 1.82) is 0 Å². The van der Waals surface area contributed by atoms with Crippen LogP contribution >= 0.6 is 35.0 Å². The first-order valence-corrected chi connectivity index (χ1v) is 14.0. The molecule has 0 bridgehead atoms. The number of hydrogen-bond acceptors (Lipinski definition) is 4. The van der Waals surface area contributed by atoms with E-state index in [1.807, 2.05) is 32.0 Å². The van der Waals surface area contributed by atoms with E-state index in [9.17, 15) is 13.2 Å². The number of sulfonamides is 1. The van der Waals surface area contributed by atoms with E-state index in [1.54, 1.807) is 49.0 Å². The molecule has 0 heterocycles. The van der Waals surface area contributed by atoms with Gasteiger partial charge in [0.15, 0.2) is 0 Å². The Hall–Kier alpha value is -2.19. The lowest BCUT2D eigenvalue weighted by molar-refractivity contribution is 0.0956. The summed E-state index contributed by atoms with van der Waals surface area (Å²) in [6.45, 7) is 5.97. The number of carbonyl (C=O) groups is 1. The van der Waals surface area contributed by atoms with Crippen LogP contribution in [0.25, 0.3) is 0 Å². The monoisotopic (exact) mass is 536 g/mol. The predicted molar refractivity (Wildman–Crippen MR) is 143 cm³/mol. The second-order valence-electron chi connectivity index (χ2n) is 8.02. The average Bonchev–Trinajstić information content (AvgIpc) is 2.75. The molecule has 0 fully saturated rings. The van der Waals surface area contributed by atoms with Crippen molar-refractivity contribution < 1.29 is 13.2 Å². The molecule has 5 nitrogen and oxygen atoms in total. The summed E-state index contributed by atoms with van der Waals surface area (Å²) >= 11 is 13.6. The Morgan fingerprint density at radius 2 is 1.62 bits per heavy atom. The molecule has 0 radical (unpaired) electrons. The van der Waals surface area contributed by atoms with E-state index < -0.39 is 10.0 Å². The van der Waals surface area contributed by atoms with E-state index >= 15 is 0 Å². The number of benzene rings is 3. The van der Waals surface area contributed by atoms with Gasteiger partial charge in [0.05, 0.1) is 14.9 Å². The molecule has 0 aromatic heterocycles. The predicted octanol–water partition coefficient (Wildman–Crippen LogP) is 6.38. The van der Waals surface area contributed by atoms with Gasteiger partial charge in [-0.3, -0.25) is 9.52 Å². The van der Waals surface area contributed by atoms with Gasteiger partial charge in [-0.1, -0.05) is 41.4 Å². The second kappa shape index (κ2) is 11.5. The molecule has 0 aliphatic rings. The highest BCUT2D eigenvalue weighted by Crippen LogP contribution is 2.25. The Labute approximate surface area is 215 Å². The Bertz CT molecular complexity index is 1290. The van der Waals surface area contributed by atoms with E-state index in [1.165, 1.54) is 6.07 Å². The molecule has 2 N–H and O–H groups in total. The van der Waals surface area contributed by atoms with Crippen molar-refractivity contribution in [1.82, 2.24) is 5.32 Å². The highest BCUT2D eigenvalue weighted by atomic mass is 35.5. The summed E-state index contributed by atoms with van der Waals surface area (Å²) in [5.41, 5.74) is 4.31. The quantitative estimate of drug-likeness (QED) is 0.311.